The first-order valence-electron chi connectivity index (χ1n) is 13.5. The molecule has 1 aliphatic carbocycles. The molecular weight excluding hydrogens is 466 g/mol. The van der Waals surface area contributed by atoms with Crippen molar-refractivity contribution in [3.05, 3.63) is 75.2 Å². The van der Waals surface area contributed by atoms with Crippen LogP contribution in [0.3, 0.4) is 0 Å². The van der Waals surface area contributed by atoms with Gasteiger partial charge in [0.2, 0.25) is 0 Å². The molecule has 0 amide bonds. The molecule has 1 atom stereocenters. The molecule has 1 aromatic carbocycles. The number of rotatable bonds is 6. The molecule has 9 nitrogen and oxygen atoms in total. The molecule has 1 N–H and O–H groups in total. The molecule has 0 radical (unpaired) electrons. The lowest BCUT2D eigenvalue weighted by Crippen LogP contribution is -2.52. The molecule has 0 bridgehead atoms. The predicted octanol–water partition coefficient (Wildman–Crippen LogP) is 3.81. The zero-order valence-electron chi connectivity index (χ0n) is 21.7. The Labute approximate surface area is 216 Å². The number of fused-ring (bicyclic) bond motifs is 1. The molecule has 2 fully saturated rings. The molecule has 9 heteroatoms. The minimum Gasteiger partial charge on any atom is -0.467 e. The van der Waals surface area contributed by atoms with Crippen molar-refractivity contribution < 1.29 is 4.42 Å². The summed E-state index contributed by atoms with van der Waals surface area (Å²) in [7, 11) is 0. The Morgan fingerprint density at radius 1 is 1.05 bits per heavy atom. The third kappa shape index (κ3) is 4.85. The quantitative estimate of drug-likeness (QED) is 0.429. The Balaban J connectivity index is 1.37. The van der Waals surface area contributed by atoms with Gasteiger partial charge in [-0.1, -0.05) is 19.3 Å². The van der Waals surface area contributed by atoms with E-state index in [0.29, 0.717) is 24.0 Å². The van der Waals surface area contributed by atoms with Crippen LogP contribution in [0.5, 0.6) is 0 Å². The zero-order valence-corrected chi connectivity index (χ0v) is 21.7. The lowest BCUT2D eigenvalue weighted by molar-refractivity contribution is 0.0617. The smallest absolute Gasteiger partial charge is 0.253 e. The highest BCUT2D eigenvalue weighted by molar-refractivity contribution is 5.81. The van der Waals surface area contributed by atoms with Crippen molar-refractivity contribution in [3.8, 4) is 0 Å². The van der Waals surface area contributed by atoms with Gasteiger partial charge in [0.15, 0.2) is 5.82 Å². The highest BCUT2D eigenvalue weighted by Crippen LogP contribution is 2.30. The minimum absolute atomic E-state index is 0.0944. The molecule has 6 rings (SSSR count). The van der Waals surface area contributed by atoms with Gasteiger partial charge in [-0.2, -0.15) is 0 Å². The Hall–Kier alpha value is -3.30. The lowest BCUT2D eigenvalue weighted by atomic mass is 9.93. The number of pyridine rings is 1. The zero-order chi connectivity index (χ0) is 25.4. The van der Waals surface area contributed by atoms with E-state index in [1.807, 2.05) is 18.2 Å². The number of furan rings is 1. The van der Waals surface area contributed by atoms with Gasteiger partial charge in [-0.05, 0) is 84.0 Å². The molecule has 1 saturated carbocycles. The Kier molecular flexibility index (Phi) is 6.65. The fourth-order valence-corrected chi connectivity index (χ4v) is 6.07. The fourth-order valence-electron chi connectivity index (χ4n) is 6.07. The highest BCUT2D eigenvalue weighted by Gasteiger charge is 2.34. The van der Waals surface area contributed by atoms with Gasteiger partial charge >= 0.3 is 0 Å². The van der Waals surface area contributed by atoms with E-state index in [9.17, 15) is 4.79 Å². The number of nitrogens with zero attached hydrogens (tertiary/aromatic N) is 6. The van der Waals surface area contributed by atoms with E-state index < -0.39 is 0 Å². The standard InChI is InChI=1S/C28H35N7O2/c1-19-15-21-17-24(28(36)29-25(21)16-20(19)2)26(27-30-31-32-35(27)18-23-9-6-14-37-23)34-12-10-33(11-13-34)22-7-4-3-5-8-22/h6,9,14-17,22,26H,3-5,7-8,10-13,18H2,1-2H3,(H,29,36). The van der Waals surface area contributed by atoms with Crippen LogP contribution < -0.4 is 5.56 Å². The van der Waals surface area contributed by atoms with Crippen LogP contribution in [0.4, 0.5) is 0 Å². The van der Waals surface area contributed by atoms with Crippen molar-refractivity contribution in [2.75, 3.05) is 26.2 Å². The number of H-pyrrole nitrogens is 1. The topological polar surface area (TPSA) is 96.1 Å². The van der Waals surface area contributed by atoms with Gasteiger partial charge in [-0.25, -0.2) is 4.68 Å². The van der Waals surface area contributed by atoms with Crippen LogP contribution >= 0.6 is 0 Å². The molecule has 37 heavy (non-hydrogen) atoms. The number of tetrazole rings is 1. The fraction of sp³-hybridized carbons (Fsp3) is 0.500. The van der Waals surface area contributed by atoms with Crippen molar-refractivity contribution in [1.29, 1.82) is 0 Å². The van der Waals surface area contributed by atoms with Crippen LogP contribution in [0.15, 0.2) is 45.8 Å². The maximum absolute atomic E-state index is 13.6. The summed E-state index contributed by atoms with van der Waals surface area (Å²) in [5, 5.41) is 13.8. The van der Waals surface area contributed by atoms with Crippen LogP contribution in [-0.2, 0) is 6.54 Å². The Bertz CT molecular complexity index is 1410. The van der Waals surface area contributed by atoms with Gasteiger partial charge in [-0.3, -0.25) is 14.6 Å². The first kappa shape index (κ1) is 24.1. The highest BCUT2D eigenvalue weighted by atomic mass is 16.3. The van der Waals surface area contributed by atoms with Crippen molar-refractivity contribution in [2.45, 2.75) is 64.6 Å². The van der Waals surface area contributed by atoms with E-state index in [-0.39, 0.29) is 11.6 Å². The number of aromatic nitrogens is 5. The number of aryl methyl sites for hydroxylation is 2. The van der Waals surface area contributed by atoms with Gasteiger partial charge in [0, 0.05) is 43.3 Å². The summed E-state index contributed by atoms with van der Waals surface area (Å²) in [6.45, 7) is 8.29. The largest absolute Gasteiger partial charge is 0.467 e. The molecular formula is C28H35N7O2. The van der Waals surface area contributed by atoms with Gasteiger partial charge in [-0.15, -0.1) is 5.10 Å². The number of hydrogen-bond acceptors (Lipinski definition) is 7. The number of piperazine rings is 1. The predicted molar refractivity (Wildman–Crippen MR) is 142 cm³/mol. The van der Waals surface area contributed by atoms with Crippen LogP contribution in [0.25, 0.3) is 10.9 Å². The van der Waals surface area contributed by atoms with E-state index in [1.165, 1.54) is 37.7 Å². The number of aromatic amines is 1. The maximum Gasteiger partial charge on any atom is 0.253 e. The maximum atomic E-state index is 13.6. The summed E-state index contributed by atoms with van der Waals surface area (Å²) < 4.78 is 7.34. The van der Waals surface area contributed by atoms with Gasteiger partial charge in [0.25, 0.3) is 5.56 Å². The molecule has 1 saturated heterocycles. The first-order chi connectivity index (χ1) is 18.1. The number of hydrogen-bond donors (Lipinski definition) is 1. The normalized spacial score (nSPS) is 19.0. The molecule has 4 heterocycles. The SMILES string of the molecule is Cc1cc2cc(C(c3nnnn3Cc3ccco3)N3CCN(C4CCCCC4)CC3)c(=O)[nH]c2cc1C. The van der Waals surface area contributed by atoms with Crippen molar-refractivity contribution in [2.24, 2.45) is 0 Å². The summed E-state index contributed by atoms with van der Waals surface area (Å²) >= 11 is 0. The van der Waals surface area contributed by atoms with Crippen molar-refractivity contribution >= 4 is 10.9 Å². The summed E-state index contributed by atoms with van der Waals surface area (Å²) in [6.07, 6.45) is 8.28. The van der Waals surface area contributed by atoms with Crippen molar-refractivity contribution in [3.63, 3.8) is 0 Å². The van der Waals surface area contributed by atoms with Gasteiger partial charge < -0.3 is 9.40 Å². The number of benzene rings is 1. The van der Waals surface area contributed by atoms with Gasteiger partial charge in [0.1, 0.15) is 18.3 Å². The van der Waals surface area contributed by atoms with Crippen LogP contribution in [0.1, 0.15) is 66.4 Å². The third-order valence-electron chi connectivity index (χ3n) is 8.28. The molecule has 194 valence electrons. The van der Waals surface area contributed by atoms with Crippen LogP contribution in [0.2, 0.25) is 0 Å². The molecule has 4 aromatic rings. The summed E-state index contributed by atoms with van der Waals surface area (Å²) in [6, 6.07) is 10.3. The second-order valence-corrected chi connectivity index (χ2v) is 10.6. The Morgan fingerprint density at radius 3 is 2.59 bits per heavy atom. The van der Waals surface area contributed by atoms with E-state index in [1.54, 1.807) is 10.9 Å². The average molecular weight is 502 g/mol. The summed E-state index contributed by atoms with van der Waals surface area (Å²) in [4.78, 5) is 21.7. The van der Waals surface area contributed by atoms with E-state index in [0.717, 1.165) is 48.4 Å². The lowest BCUT2D eigenvalue weighted by Gasteiger charge is -2.42. The summed E-state index contributed by atoms with van der Waals surface area (Å²) in [5.41, 5.74) is 3.80. The van der Waals surface area contributed by atoms with Crippen molar-refractivity contribution in [1.82, 2.24) is 35.0 Å². The first-order valence-corrected chi connectivity index (χ1v) is 13.5. The Morgan fingerprint density at radius 2 is 1.84 bits per heavy atom. The van der Waals surface area contributed by atoms with E-state index >= 15 is 0 Å². The summed E-state index contributed by atoms with van der Waals surface area (Å²) in [5.74, 6) is 1.43. The number of nitrogens with one attached hydrogen (secondary N) is 1. The third-order valence-corrected chi connectivity index (χ3v) is 8.28. The molecule has 0 spiro atoms. The molecule has 1 unspecified atom stereocenters. The van der Waals surface area contributed by atoms with Crippen LogP contribution in [0, 0.1) is 13.8 Å². The van der Waals surface area contributed by atoms with E-state index in [4.69, 9.17) is 4.42 Å². The van der Waals surface area contributed by atoms with Crippen LogP contribution in [-0.4, -0.2) is 67.2 Å². The second-order valence-electron chi connectivity index (χ2n) is 10.6. The molecule has 1 aliphatic heterocycles. The van der Waals surface area contributed by atoms with E-state index in [2.05, 4.69) is 56.3 Å². The molecule has 2 aliphatic rings. The molecule has 3 aromatic heterocycles. The van der Waals surface area contributed by atoms with Gasteiger partial charge in [0.05, 0.1) is 6.26 Å². The average Bonchev–Trinajstić information content (AvgIpc) is 3.60. The minimum atomic E-state index is -0.353. The monoisotopic (exact) mass is 501 g/mol. The second kappa shape index (κ2) is 10.2.